The van der Waals surface area contributed by atoms with E-state index in [0.717, 1.165) is 18.5 Å². The molecule has 0 amide bonds. The molecule has 1 aromatic rings. The average Bonchev–Trinajstić information content (AvgIpc) is 2.37. The lowest BCUT2D eigenvalue weighted by molar-refractivity contribution is 0.0693. The SMILES string of the molecule is COCCOCCCN[C@@H](C)c1cccc(F)c1. The van der Waals surface area contributed by atoms with Crippen LogP contribution in [0.2, 0.25) is 0 Å². The van der Waals surface area contributed by atoms with Crippen molar-refractivity contribution in [3.63, 3.8) is 0 Å². The summed E-state index contributed by atoms with van der Waals surface area (Å²) in [6, 6.07) is 6.83. The molecular formula is C14H22FNO2. The third-order valence-corrected chi connectivity index (χ3v) is 2.70. The van der Waals surface area contributed by atoms with Gasteiger partial charge in [-0.3, -0.25) is 0 Å². The number of ether oxygens (including phenoxy) is 2. The molecule has 0 saturated heterocycles. The van der Waals surface area contributed by atoms with E-state index < -0.39 is 0 Å². The van der Waals surface area contributed by atoms with Crippen molar-refractivity contribution in [1.82, 2.24) is 5.32 Å². The van der Waals surface area contributed by atoms with Gasteiger partial charge in [-0.2, -0.15) is 0 Å². The van der Waals surface area contributed by atoms with E-state index in [-0.39, 0.29) is 11.9 Å². The van der Waals surface area contributed by atoms with Gasteiger partial charge < -0.3 is 14.8 Å². The summed E-state index contributed by atoms with van der Waals surface area (Å²) in [4.78, 5) is 0. The first-order valence-corrected chi connectivity index (χ1v) is 6.29. The maximum absolute atomic E-state index is 13.0. The van der Waals surface area contributed by atoms with Crippen LogP contribution in [0.25, 0.3) is 0 Å². The van der Waals surface area contributed by atoms with Gasteiger partial charge in [-0.1, -0.05) is 12.1 Å². The highest BCUT2D eigenvalue weighted by Gasteiger charge is 2.04. The van der Waals surface area contributed by atoms with E-state index >= 15 is 0 Å². The van der Waals surface area contributed by atoms with Crippen molar-refractivity contribution < 1.29 is 13.9 Å². The van der Waals surface area contributed by atoms with Gasteiger partial charge in [0, 0.05) is 19.8 Å². The maximum Gasteiger partial charge on any atom is 0.123 e. The molecule has 0 radical (unpaired) electrons. The second kappa shape index (κ2) is 9.03. The molecule has 0 unspecified atom stereocenters. The second-order valence-electron chi connectivity index (χ2n) is 4.19. The smallest absolute Gasteiger partial charge is 0.123 e. The largest absolute Gasteiger partial charge is 0.382 e. The second-order valence-corrected chi connectivity index (χ2v) is 4.19. The van der Waals surface area contributed by atoms with E-state index in [0.29, 0.717) is 19.8 Å². The summed E-state index contributed by atoms with van der Waals surface area (Å²) >= 11 is 0. The fourth-order valence-corrected chi connectivity index (χ4v) is 1.63. The molecule has 0 aliphatic rings. The van der Waals surface area contributed by atoms with Crippen LogP contribution < -0.4 is 5.32 Å². The molecule has 102 valence electrons. The number of rotatable bonds is 9. The van der Waals surface area contributed by atoms with Gasteiger partial charge in [0.1, 0.15) is 5.82 Å². The van der Waals surface area contributed by atoms with E-state index in [1.165, 1.54) is 6.07 Å². The summed E-state index contributed by atoms with van der Waals surface area (Å²) in [6.45, 7) is 4.86. The molecule has 0 saturated carbocycles. The minimum atomic E-state index is -0.191. The van der Waals surface area contributed by atoms with E-state index in [9.17, 15) is 4.39 Å². The molecule has 0 bridgehead atoms. The van der Waals surface area contributed by atoms with Crippen molar-refractivity contribution in [3.8, 4) is 0 Å². The number of methoxy groups -OCH3 is 1. The molecule has 0 aliphatic heterocycles. The Labute approximate surface area is 108 Å². The highest BCUT2D eigenvalue weighted by atomic mass is 19.1. The summed E-state index contributed by atoms with van der Waals surface area (Å²) in [5.74, 6) is -0.191. The molecule has 1 rings (SSSR count). The van der Waals surface area contributed by atoms with Gasteiger partial charge in [0.05, 0.1) is 13.2 Å². The summed E-state index contributed by atoms with van der Waals surface area (Å²) in [7, 11) is 1.66. The molecule has 0 aromatic heterocycles. The molecule has 1 aromatic carbocycles. The van der Waals surface area contributed by atoms with Crippen molar-refractivity contribution in [2.75, 3.05) is 33.5 Å². The summed E-state index contributed by atoms with van der Waals surface area (Å²) in [6.07, 6.45) is 0.934. The Hall–Kier alpha value is -0.970. The van der Waals surface area contributed by atoms with E-state index in [1.54, 1.807) is 19.2 Å². The third kappa shape index (κ3) is 6.10. The Morgan fingerprint density at radius 2 is 2.11 bits per heavy atom. The molecule has 1 N–H and O–H groups in total. The quantitative estimate of drug-likeness (QED) is 0.688. The predicted molar refractivity (Wildman–Crippen MR) is 70.1 cm³/mol. The lowest BCUT2D eigenvalue weighted by atomic mass is 10.1. The fourth-order valence-electron chi connectivity index (χ4n) is 1.63. The van der Waals surface area contributed by atoms with Gasteiger partial charge in [-0.15, -0.1) is 0 Å². The maximum atomic E-state index is 13.0. The van der Waals surface area contributed by atoms with Crippen LogP contribution in [-0.4, -0.2) is 33.5 Å². The van der Waals surface area contributed by atoms with Crippen LogP contribution in [0.4, 0.5) is 4.39 Å². The van der Waals surface area contributed by atoms with Crippen LogP contribution in [0.5, 0.6) is 0 Å². The first-order chi connectivity index (χ1) is 8.74. The number of halogens is 1. The number of hydrogen-bond donors (Lipinski definition) is 1. The van der Waals surface area contributed by atoms with Crippen molar-refractivity contribution >= 4 is 0 Å². The van der Waals surface area contributed by atoms with Crippen LogP contribution in [0.1, 0.15) is 24.9 Å². The van der Waals surface area contributed by atoms with Crippen LogP contribution in [0, 0.1) is 5.82 Å². The molecule has 4 heteroatoms. The monoisotopic (exact) mass is 255 g/mol. The summed E-state index contributed by atoms with van der Waals surface area (Å²) in [5, 5.41) is 3.34. The van der Waals surface area contributed by atoms with E-state index in [4.69, 9.17) is 9.47 Å². The zero-order valence-corrected chi connectivity index (χ0v) is 11.1. The van der Waals surface area contributed by atoms with Gasteiger partial charge in [-0.25, -0.2) is 4.39 Å². The lowest BCUT2D eigenvalue weighted by Gasteiger charge is -2.14. The number of hydrogen-bond acceptors (Lipinski definition) is 3. The topological polar surface area (TPSA) is 30.5 Å². The van der Waals surface area contributed by atoms with Crippen LogP contribution in [-0.2, 0) is 9.47 Å². The van der Waals surface area contributed by atoms with Crippen LogP contribution in [0.3, 0.4) is 0 Å². The van der Waals surface area contributed by atoms with Crippen molar-refractivity contribution in [2.24, 2.45) is 0 Å². The minimum Gasteiger partial charge on any atom is -0.382 e. The standard InChI is InChI=1S/C14H22FNO2/c1-12(13-5-3-6-14(15)11-13)16-7-4-8-18-10-9-17-2/h3,5-6,11-12,16H,4,7-10H2,1-2H3/t12-/m0/s1. The summed E-state index contributed by atoms with van der Waals surface area (Å²) < 4.78 is 23.3. The fraction of sp³-hybridized carbons (Fsp3) is 0.571. The Morgan fingerprint density at radius 1 is 1.28 bits per heavy atom. The molecule has 3 nitrogen and oxygen atoms in total. The molecule has 0 heterocycles. The minimum absolute atomic E-state index is 0.152. The predicted octanol–water partition coefficient (Wildman–Crippen LogP) is 2.53. The molecular weight excluding hydrogens is 233 g/mol. The molecule has 0 aliphatic carbocycles. The number of nitrogens with one attached hydrogen (secondary N) is 1. The molecule has 0 fully saturated rings. The third-order valence-electron chi connectivity index (χ3n) is 2.70. The van der Waals surface area contributed by atoms with Gasteiger partial charge >= 0.3 is 0 Å². The normalized spacial score (nSPS) is 12.6. The van der Waals surface area contributed by atoms with Crippen LogP contribution in [0.15, 0.2) is 24.3 Å². The Morgan fingerprint density at radius 3 is 2.83 bits per heavy atom. The Kier molecular flexibility index (Phi) is 7.57. The molecule has 1 atom stereocenters. The van der Waals surface area contributed by atoms with E-state index in [2.05, 4.69) is 5.32 Å². The zero-order valence-electron chi connectivity index (χ0n) is 11.1. The van der Waals surface area contributed by atoms with E-state index in [1.807, 2.05) is 13.0 Å². The van der Waals surface area contributed by atoms with Crippen molar-refractivity contribution in [3.05, 3.63) is 35.6 Å². The van der Waals surface area contributed by atoms with Gasteiger partial charge in [-0.05, 0) is 37.6 Å². The number of benzene rings is 1. The Bertz CT molecular complexity index is 333. The molecule has 0 spiro atoms. The van der Waals surface area contributed by atoms with Gasteiger partial charge in [0.15, 0.2) is 0 Å². The van der Waals surface area contributed by atoms with Gasteiger partial charge in [0.2, 0.25) is 0 Å². The lowest BCUT2D eigenvalue weighted by Crippen LogP contribution is -2.21. The van der Waals surface area contributed by atoms with Crippen molar-refractivity contribution in [2.45, 2.75) is 19.4 Å². The highest BCUT2D eigenvalue weighted by Crippen LogP contribution is 2.12. The van der Waals surface area contributed by atoms with Crippen LogP contribution >= 0.6 is 0 Å². The first kappa shape index (κ1) is 15.1. The summed E-state index contributed by atoms with van der Waals surface area (Å²) in [5.41, 5.74) is 0.968. The van der Waals surface area contributed by atoms with Gasteiger partial charge in [0.25, 0.3) is 0 Å². The molecule has 18 heavy (non-hydrogen) atoms. The van der Waals surface area contributed by atoms with Crippen molar-refractivity contribution in [1.29, 1.82) is 0 Å². The average molecular weight is 255 g/mol. The zero-order chi connectivity index (χ0) is 13.2. The highest BCUT2D eigenvalue weighted by molar-refractivity contribution is 5.19. The Balaban J connectivity index is 2.12. The first-order valence-electron chi connectivity index (χ1n) is 6.29.